The first-order valence-corrected chi connectivity index (χ1v) is 9.44. The number of aryl methyl sites for hydroxylation is 2. The minimum atomic E-state index is -0.360. The number of benzene rings is 1. The summed E-state index contributed by atoms with van der Waals surface area (Å²) in [7, 11) is 3.13. The van der Waals surface area contributed by atoms with Gasteiger partial charge in [-0.15, -0.1) is 12.4 Å². The van der Waals surface area contributed by atoms with Crippen molar-refractivity contribution >= 4 is 34.5 Å². The number of nitrogens with one attached hydrogen (secondary N) is 2. The van der Waals surface area contributed by atoms with E-state index in [0.29, 0.717) is 17.7 Å². The molecule has 0 radical (unpaired) electrons. The molecule has 0 saturated heterocycles. The van der Waals surface area contributed by atoms with Gasteiger partial charge in [0.05, 0.1) is 6.33 Å². The third-order valence-electron chi connectivity index (χ3n) is 5.22. The van der Waals surface area contributed by atoms with Gasteiger partial charge in [0.25, 0.3) is 5.56 Å². The fourth-order valence-corrected chi connectivity index (χ4v) is 3.63. The molecule has 2 N–H and O–H groups in total. The number of imidazole rings is 1. The number of H-pyrrole nitrogens is 1. The summed E-state index contributed by atoms with van der Waals surface area (Å²) in [6, 6.07) is 8.31. The highest BCUT2D eigenvalue weighted by Gasteiger charge is 2.13. The van der Waals surface area contributed by atoms with Crippen LogP contribution >= 0.6 is 12.4 Å². The molecule has 0 saturated carbocycles. The molecule has 0 atom stereocenters. The fraction of sp³-hybridized carbons (Fsp3) is 0.350. The number of aromatic amines is 1. The molecular weight excluding hydrogens is 392 g/mol. The molecule has 4 rings (SSSR count). The van der Waals surface area contributed by atoms with E-state index in [1.165, 1.54) is 28.1 Å². The number of hydrogen-bond donors (Lipinski definition) is 2. The maximum Gasteiger partial charge on any atom is 0.332 e. The number of fused-ring (bicyclic) bond motifs is 2. The van der Waals surface area contributed by atoms with E-state index in [4.69, 9.17) is 0 Å². The predicted molar refractivity (Wildman–Crippen MR) is 117 cm³/mol. The number of aromatic nitrogens is 5. The first-order chi connectivity index (χ1) is 13.6. The molecule has 1 aromatic carbocycles. The van der Waals surface area contributed by atoms with E-state index < -0.39 is 0 Å². The number of halogens is 1. The van der Waals surface area contributed by atoms with Crippen molar-refractivity contribution in [1.29, 1.82) is 0 Å². The molecule has 0 aliphatic rings. The Balaban J connectivity index is 0.00000240. The summed E-state index contributed by atoms with van der Waals surface area (Å²) < 4.78 is 4.37. The minimum Gasteiger partial charge on any atom is -0.361 e. The van der Waals surface area contributed by atoms with Crippen LogP contribution in [-0.4, -0.2) is 36.8 Å². The Bertz CT molecular complexity index is 1250. The molecule has 0 spiro atoms. The second-order valence-electron chi connectivity index (χ2n) is 7.03. The highest BCUT2D eigenvalue weighted by Crippen LogP contribution is 2.17. The molecule has 0 aliphatic heterocycles. The third-order valence-corrected chi connectivity index (χ3v) is 5.22. The molecule has 4 aromatic rings. The molecular formula is C20H25ClN6O2. The lowest BCUT2D eigenvalue weighted by Gasteiger charge is -2.07. The standard InChI is InChI=1S/C20H24N6O2.ClH/c1-24-18-17(19(27)25(2)20(24)28)26(13-23-18)11-5-9-21-10-8-14-12-22-16-7-4-3-6-15(14)16;/h3-4,6-7,12-13,21-22H,5,8-11H2,1-2H3;1H. The highest BCUT2D eigenvalue weighted by atomic mass is 35.5. The van der Waals surface area contributed by atoms with Crippen LogP contribution in [0.2, 0.25) is 0 Å². The van der Waals surface area contributed by atoms with Crippen LogP contribution < -0.4 is 16.6 Å². The lowest BCUT2D eigenvalue weighted by Crippen LogP contribution is -2.37. The van der Waals surface area contributed by atoms with E-state index in [2.05, 4.69) is 39.7 Å². The average molecular weight is 417 g/mol. The van der Waals surface area contributed by atoms with Crippen LogP contribution in [0.3, 0.4) is 0 Å². The largest absolute Gasteiger partial charge is 0.361 e. The topological polar surface area (TPSA) is 89.6 Å². The number of rotatable bonds is 7. The smallest absolute Gasteiger partial charge is 0.332 e. The van der Waals surface area contributed by atoms with Gasteiger partial charge in [0.15, 0.2) is 11.2 Å². The first-order valence-electron chi connectivity index (χ1n) is 9.44. The summed E-state index contributed by atoms with van der Waals surface area (Å²) in [6.45, 7) is 2.40. The maximum absolute atomic E-state index is 12.4. The van der Waals surface area contributed by atoms with Crippen molar-refractivity contribution in [3.63, 3.8) is 0 Å². The molecule has 8 nitrogen and oxygen atoms in total. The zero-order valence-corrected chi connectivity index (χ0v) is 17.3. The van der Waals surface area contributed by atoms with Gasteiger partial charge >= 0.3 is 5.69 Å². The predicted octanol–water partition coefficient (Wildman–Crippen LogP) is 1.56. The van der Waals surface area contributed by atoms with Gasteiger partial charge in [0.1, 0.15) is 0 Å². The van der Waals surface area contributed by atoms with Crippen LogP contribution in [0.5, 0.6) is 0 Å². The number of nitrogens with zero attached hydrogens (tertiary/aromatic N) is 4. The molecule has 9 heteroatoms. The van der Waals surface area contributed by atoms with Crippen LogP contribution in [-0.2, 0) is 27.1 Å². The van der Waals surface area contributed by atoms with E-state index >= 15 is 0 Å². The van der Waals surface area contributed by atoms with Gasteiger partial charge in [-0.1, -0.05) is 18.2 Å². The Morgan fingerprint density at radius 3 is 2.72 bits per heavy atom. The zero-order chi connectivity index (χ0) is 19.7. The summed E-state index contributed by atoms with van der Waals surface area (Å²) in [6.07, 6.45) is 5.54. The second-order valence-corrected chi connectivity index (χ2v) is 7.03. The maximum atomic E-state index is 12.4. The summed E-state index contributed by atoms with van der Waals surface area (Å²) in [5, 5.41) is 4.73. The van der Waals surface area contributed by atoms with E-state index in [1.807, 2.05) is 10.6 Å². The van der Waals surface area contributed by atoms with Gasteiger partial charge in [-0.3, -0.25) is 13.9 Å². The molecule has 3 heterocycles. The van der Waals surface area contributed by atoms with Gasteiger partial charge in [-0.25, -0.2) is 9.78 Å². The molecule has 0 bridgehead atoms. The Kier molecular flexibility index (Phi) is 6.24. The number of para-hydroxylation sites is 1. The average Bonchev–Trinajstić information content (AvgIpc) is 3.32. The lowest BCUT2D eigenvalue weighted by atomic mass is 10.1. The van der Waals surface area contributed by atoms with Crippen LogP contribution in [0.15, 0.2) is 46.4 Å². The molecule has 0 fully saturated rings. The normalized spacial score (nSPS) is 11.2. The molecule has 3 aromatic heterocycles. The van der Waals surface area contributed by atoms with Gasteiger partial charge in [-0.2, -0.15) is 0 Å². The van der Waals surface area contributed by atoms with Gasteiger partial charge in [0.2, 0.25) is 0 Å². The van der Waals surface area contributed by atoms with E-state index in [9.17, 15) is 9.59 Å². The third kappa shape index (κ3) is 3.86. The van der Waals surface area contributed by atoms with E-state index in [0.717, 1.165) is 30.5 Å². The van der Waals surface area contributed by atoms with Crippen molar-refractivity contribution in [1.82, 2.24) is 29.0 Å². The molecule has 29 heavy (non-hydrogen) atoms. The van der Waals surface area contributed by atoms with Crippen molar-refractivity contribution < 1.29 is 0 Å². The van der Waals surface area contributed by atoms with Crippen LogP contribution in [0.25, 0.3) is 22.1 Å². The van der Waals surface area contributed by atoms with Crippen molar-refractivity contribution in [3.8, 4) is 0 Å². The van der Waals surface area contributed by atoms with Crippen molar-refractivity contribution in [2.75, 3.05) is 13.1 Å². The van der Waals surface area contributed by atoms with Gasteiger partial charge in [-0.05, 0) is 37.6 Å². The summed E-state index contributed by atoms with van der Waals surface area (Å²) in [5.74, 6) is 0. The Morgan fingerprint density at radius 2 is 1.90 bits per heavy atom. The monoisotopic (exact) mass is 416 g/mol. The molecule has 154 valence electrons. The minimum absolute atomic E-state index is 0. The molecule has 0 aliphatic carbocycles. The van der Waals surface area contributed by atoms with Gasteiger partial charge in [0, 0.05) is 37.7 Å². The van der Waals surface area contributed by atoms with Crippen molar-refractivity contribution in [2.45, 2.75) is 19.4 Å². The van der Waals surface area contributed by atoms with Crippen LogP contribution in [0.4, 0.5) is 0 Å². The van der Waals surface area contributed by atoms with Crippen LogP contribution in [0.1, 0.15) is 12.0 Å². The van der Waals surface area contributed by atoms with E-state index in [-0.39, 0.29) is 23.7 Å². The zero-order valence-electron chi connectivity index (χ0n) is 16.5. The van der Waals surface area contributed by atoms with Crippen molar-refractivity contribution in [3.05, 3.63) is 63.2 Å². The highest BCUT2D eigenvalue weighted by molar-refractivity contribution is 5.85. The fourth-order valence-electron chi connectivity index (χ4n) is 3.63. The second kappa shape index (κ2) is 8.67. The molecule has 0 unspecified atom stereocenters. The SMILES string of the molecule is Cl.Cn1c(=O)c2c(ncn2CCCNCCc2c[nH]c3ccccc23)n(C)c1=O. The Morgan fingerprint density at radius 1 is 1.10 bits per heavy atom. The Labute approximate surface area is 173 Å². The lowest BCUT2D eigenvalue weighted by molar-refractivity contribution is 0.587. The van der Waals surface area contributed by atoms with E-state index in [1.54, 1.807) is 13.4 Å². The van der Waals surface area contributed by atoms with Crippen molar-refractivity contribution in [2.24, 2.45) is 14.1 Å². The summed E-state index contributed by atoms with van der Waals surface area (Å²) in [4.78, 5) is 32.0. The first kappa shape index (κ1) is 20.9. The van der Waals surface area contributed by atoms with Gasteiger partial charge < -0.3 is 14.9 Å². The summed E-state index contributed by atoms with van der Waals surface area (Å²) >= 11 is 0. The quantitative estimate of drug-likeness (QED) is 0.447. The number of hydrogen-bond acceptors (Lipinski definition) is 4. The van der Waals surface area contributed by atoms with Crippen LogP contribution in [0, 0.1) is 0 Å². The molecule has 0 amide bonds. The Hall–Kier alpha value is -2.84. The summed E-state index contributed by atoms with van der Waals surface area (Å²) in [5.41, 5.74) is 2.72.